The fraction of sp³-hybridized carbons (Fsp3) is 0.136. The third-order valence-corrected chi connectivity index (χ3v) is 4.37. The summed E-state index contributed by atoms with van der Waals surface area (Å²) in [5.74, 6) is 0.998. The van der Waals surface area contributed by atoms with Gasteiger partial charge in [0.05, 0.1) is 19.6 Å². The summed E-state index contributed by atoms with van der Waals surface area (Å²) in [4.78, 5) is 12.0. The number of hydrogen-bond acceptors (Lipinski definition) is 3. The molecule has 4 nitrogen and oxygen atoms in total. The largest absolute Gasteiger partial charge is 0.457 e. The molecule has 0 spiro atoms. The Morgan fingerprint density at radius 3 is 2.14 bits per heavy atom. The molecule has 28 heavy (non-hydrogen) atoms. The lowest BCUT2D eigenvalue weighted by Crippen LogP contribution is -2.14. The number of amides is 1. The molecule has 0 unspecified atom stereocenters. The Labute approximate surface area is 171 Å². The van der Waals surface area contributed by atoms with E-state index >= 15 is 0 Å². The number of carbonyl (C=O) groups excluding carboxylic acids is 1. The van der Waals surface area contributed by atoms with Crippen molar-refractivity contribution in [2.45, 2.75) is 13.0 Å². The van der Waals surface area contributed by atoms with Crippen LogP contribution in [0.3, 0.4) is 0 Å². The van der Waals surface area contributed by atoms with Gasteiger partial charge < -0.3 is 14.8 Å². The molecular weight excluding hydrogens is 425 g/mol. The number of nitrogens with one attached hydrogen (secondary N) is 1. The van der Waals surface area contributed by atoms with Crippen LogP contribution in [0.4, 0.5) is 10.1 Å². The highest BCUT2D eigenvalue weighted by Gasteiger charge is 2.04. The number of anilines is 1. The van der Waals surface area contributed by atoms with Crippen LogP contribution < -0.4 is 10.1 Å². The molecule has 3 aromatic carbocycles. The van der Waals surface area contributed by atoms with Crippen molar-refractivity contribution in [2.75, 3.05) is 11.9 Å². The summed E-state index contributed by atoms with van der Waals surface area (Å²) in [6.07, 6.45) is 0.234. The maximum Gasteiger partial charge on any atom is 0.226 e. The van der Waals surface area contributed by atoms with Crippen molar-refractivity contribution < 1.29 is 18.7 Å². The van der Waals surface area contributed by atoms with Crippen LogP contribution in [0.5, 0.6) is 11.5 Å². The van der Waals surface area contributed by atoms with E-state index in [9.17, 15) is 9.18 Å². The third-order valence-electron chi connectivity index (χ3n) is 3.84. The summed E-state index contributed by atoms with van der Waals surface area (Å²) in [6, 6.07) is 20.8. The number of halogens is 2. The smallest absolute Gasteiger partial charge is 0.226 e. The minimum Gasteiger partial charge on any atom is -0.457 e. The van der Waals surface area contributed by atoms with Crippen LogP contribution in [0.2, 0.25) is 0 Å². The second-order valence-corrected chi connectivity index (χ2v) is 6.97. The molecule has 3 rings (SSSR count). The highest BCUT2D eigenvalue weighted by atomic mass is 79.9. The summed E-state index contributed by atoms with van der Waals surface area (Å²) >= 11 is 3.38. The molecule has 0 fully saturated rings. The number of ether oxygens (including phenoxy) is 2. The van der Waals surface area contributed by atoms with Gasteiger partial charge in [-0.2, -0.15) is 0 Å². The fourth-order valence-electron chi connectivity index (χ4n) is 2.40. The number of rotatable bonds is 8. The first-order chi connectivity index (χ1) is 13.6. The van der Waals surface area contributed by atoms with Crippen molar-refractivity contribution in [3.8, 4) is 11.5 Å². The molecule has 0 bridgehead atoms. The molecule has 0 radical (unpaired) electrons. The first kappa shape index (κ1) is 20.0. The zero-order valence-electron chi connectivity index (χ0n) is 15.0. The standard InChI is InChI=1S/C22H19BrFNO3/c23-17-3-9-20(10-4-17)28-21-11-7-19(8-12-21)25-22(26)13-14-27-15-16-1-5-18(24)6-2-16/h1-12H,13-15H2,(H,25,26). The third kappa shape index (κ3) is 6.48. The van der Waals surface area contributed by atoms with Crippen LogP contribution in [0, 0.1) is 5.82 Å². The van der Waals surface area contributed by atoms with Gasteiger partial charge in [-0.25, -0.2) is 4.39 Å². The minimum atomic E-state index is -0.281. The molecule has 144 valence electrons. The van der Waals surface area contributed by atoms with Crippen molar-refractivity contribution in [3.63, 3.8) is 0 Å². The topological polar surface area (TPSA) is 47.6 Å². The van der Waals surface area contributed by atoms with Crippen molar-refractivity contribution in [3.05, 3.63) is 88.6 Å². The molecule has 0 aromatic heterocycles. The predicted octanol–water partition coefficient (Wildman–Crippen LogP) is 5.93. The highest BCUT2D eigenvalue weighted by Crippen LogP contribution is 2.24. The van der Waals surface area contributed by atoms with Gasteiger partial charge in [-0.3, -0.25) is 4.79 Å². The van der Waals surface area contributed by atoms with Crippen molar-refractivity contribution in [2.24, 2.45) is 0 Å². The maximum atomic E-state index is 12.8. The number of hydrogen-bond donors (Lipinski definition) is 1. The molecule has 0 aliphatic carbocycles. The summed E-state index contributed by atoms with van der Waals surface area (Å²) < 4.78 is 25.0. The molecule has 0 aliphatic rings. The predicted molar refractivity (Wildman–Crippen MR) is 110 cm³/mol. The summed E-state index contributed by atoms with van der Waals surface area (Å²) in [5.41, 5.74) is 1.55. The van der Waals surface area contributed by atoms with E-state index in [0.29, 0.717) is 18.0 Å². The normalized spacial score (nSPS) is 10.5. The Kier molecular flexibility index (Phi) is 7.17. The quantitative estimate of drug-likeness (QED) is 0.439. The Morgan fingerprint density at radius 1 is 0.893 bits per heavy atom. The van der Waals surface area contributed by atoms with Gasteiger partial charge in [-0.15, -0.1) is 0 Å². The second kappa shape index (κ2) is 10.0. The minimum absolute atomic E-state index is 0.138. The van der Waals surface area contributed by atoms with Gasteiger partial charge in [0.1, 0.15) is 17.3 Å². The van der Waals surface area contributed by atoms with E-state index in [4.69, 9.17) is 9.47 Å². The lowest BCUT2D eigenvalue weighted by atomic mass is 10.2. The van der Waals surface area contributed by atoms with Crippen LogP contribution in [0.15, 0.2) is 77.3 Å². The Hall–Kier alpha value is -2.70. The molecule has 6 heteroatoms. The summed E-state index contributed by atoms with van der Waals surface area (Å²) in [5, 5.41) is 2.82. The van der Waals surface area contributed by atoms with E-state index < -0.39 is 0 Å². The average molecular weight is 444 g/mol. The van der Waals surface area contributed by atoms with E-state index in [0.717, 1.165) is 15.8 Å². The average Bonchev–Trinajstić information content (AvgIpc) is 2.70. The van der Waals surface area contributed by atoms with Crippen molar-refractivity contribution in [1.82, 2.24) is 0 Å². The van der Waals surface area contributed by atoms with Crippen LogP contribution >= 0.6 is 15.9 Å². The Balaban J connectivity index is 1.40. The summed E-state index contributed by atoms with van der Waals surface area (Å²) in [7, 11) is 0. The lowest BCUT2D eigenvalue weighted by molar-refractivity contribution is -0.117. The van der Waals surface area contributed by atoms with Gasteiger partial charge in [0.15, 0.2) is 0 Å². The number of benzene rings is 3. The lowest BCUT2D eigenvalue weighted by Gasteiger charge is -2.09. The Morgan fingerprint density at radius 2 is 1.50 bits per heavy atom. The summed E-state index contributed by atoms with van der Waals surface area (Å²) in [6.45, 7) is 0.629. The molecule has 3 aromatic rings. The molecule has 0 aliphatic heterocycles. The molecular formula is C22H19BrFNO3. The second-order valence-electron chi connectivity index (χ2n) is 6.06. The molecule has 0 atom stereocenters. The van der Waals surface area contributed by atoms with E-state index in [2.05, 4.69) is 21.2 Å². The van der Waals surface area contributed by atoms with Gasteiger partial charge in [-0.1, -0.05) is 28.1 Å². The van der Waals surface area contributed by atoms with Crippen molar-refractivity contribution >= 4 is 27.5 Å². The van der Waals surface area contributed by atoms with E-state index in [1.165, 1.54) is 12.1 Å². The molecule has 1 amide bonds. The monoisotopic (exact) mass is 443 g/mol. The van der Waals surface area contributed by atoms with Gasteiger partial charge in [0.2, 0.25) is 5.91 Å². The van der Waals surface area contributed by atoms with E-state index in [1.807, 2.05) is 24.3 Å². The van der Waals surface area contributed by atoms with Crippen LogP contribution in [0.25, 0.3) is 0 Å². The first-order valence-corrected chi connectivity index (χ1v) is 9.53. The molecule has 0 heterocycles. The molecule has 0 saturated heterocycles. The van der Waals surface area contributed by atoms with Gasteiger partial charge in [0, 0.05) is 10.2 Å². The van der Waals surface area contributed by atoms with E-state index in [-0.39, 0.29) is 24.8 Å². The van der Waals surface area contributed by atoms with E-state index in [1.54, 1.807) is 36.4 Å². The maximum absolute atomic E-state index is 12.8. The van der Waals surface area contributed by atoms with Gasteiger partial charge in [0.25, 0.3) is 0 Å². The van der Waals surface area contributed by atoms with Crippen LogP contribution in [0.1, 0.15) is 12.0 Å². The zero-order chi connectivity index (χ0) is 19.8. The van der Waals surface area contributed by atoms with Gasteiger partial charge >= 0.3 is 0 Å². The SMILES string of the molecule is O=C(CCOCc1ccc(F)cc1)Nc1ccc(Oc2ccc(Br)cc2)cc1. The molecule has 1 N–H and O–H groups in total. The highest BCUT2D eigenvalue weighted by molar-refractivity contribution is 9.10. The van der Waals surface area contributed by atoms with Gasteiger partial charge in [-0.05, 0) is 66.2 Å². The van der Waals surface area contributed by atoms with Crippen LogP contribution in [-0.4, -0.2) is 12.5 Å². The zero-order valence-corrected chi connectivity index (χ0v) is 16.6. The van der Waals surface area contributed by atoms with Crippen LogP contribution in [-0.2, 0) is 16.1 Å². The first-order valence-electron chi connectivity index (χ1n) is 8.74. The fourth-order valence-corrected chi connectivity index (χ4v) is 2.67. The van der Waals surface area contributed by atoms with Crippen molar-refractivity contribution in [1.29, 1.82) is 0 Å². The molecule has 0 saturated carbocycles. The number of carbonyl (C=O) groups is 1. The Bertz CT molecular complexity index is 897.